The minimum absolute atomic E-state index is 0.0299. The molecule has 0 saturated heterocycles. The Kier molecular flexibility index (Phi) is 6.99. The predicted octanol–water partition coefficient (Wildman–Crippen LogP) is 3.21. The average molecular weight is 356 g/mol. The van der Waals surface area contributed by atoms with Gasteiger partial charge in [0.15, 0.2) is 0 Å². The Hall–Kier alpha value is -1.89. The van der Waals surface area contributed by atoms with Gasteiger partial charge >= 0.3 is 6.61 Å². The van der Waals surface area contributed by atoms with Crippen molar-refractivity contribution < 1.29 is 23.0 Å². The fourth-order valence-corrected chi connectivity index (χ4v) is 3.38. The van der Waals surface area contributed by atoms with Crippen LogP contribution in [-0.4, -0.2) is 26.2 Å². The van der Waals surface area contributed by atoms with Crippen LogP contribution in [0.15, 0.2) is 18.2 Å². The Morgan fingerprint density at radius 1 is 1.32 bits per heavy atom. The summed E-state index contributed by atoms with van der Waals surface area (Å²) in [5, 5.41) is 2.80. The maximum atomic E-state index is 12.5. The summed E-state index contributed by atoms with van der Waals surface area (Å²) in [6.45, 7) is -2.34. The molecule has 1 aliphatic carbocycles. The number of nitrogens with one attached hydrogen (secondary N) is 1. The number of ether oxygens (including phenoxy) is 2. The van der Waals surface area contributed by atoms with Crippen LogP contribution < -0.4 is 20.5 Å². The monoisotopic (exact) mass is 356 g/mol. The van der Waals surface area contributed by atoms with E-state index in [1.807, 2.05) is 0 Å². The zero-order valence-corrected chi connectivity index (χ0v) is 14.5. The highest BCUT2D eigenvalue weighted by molar-refractivity contribution is 5.76. The van der Waals surface area contributed by atoms with Gasteiger partial charge in [0.05, 0.1) is 7.11 Å². The third-order valence-corrected chi connectivity index (χ3v) is 4.84. The Morgan fingerprint density at radius 2 is 2.04 bits per heavy atom. The van der Waals surface area contributed by atoms with Gasteiger partial charge < -0.3 is 20.5 Å². The first-order valence-electron chi connectivity index (χ1n) is 8.56. The number of nitrogens with two attached hydrogens (primary N) is 1. The summed E-state index contributed by atoms with van der Waals surface area (Å²) in [7, 11) is 1.49. The molecule has 0 aromatic heterocycles. The van der Waals surface area contributed by atoms with Crippen molar-refractivity contribution in [3.63, 3.8) is 0 Å². The molecule has 0 atom stereocenters. The van der Waals surface area contributed by atoms with Gasteiger partial charge in [0, 0.05) is 18.5 Å². The molecule has 25 heavy (non-hydrogen) atoms. The smallest absolute Gasteiger partial charge is 0.387 e. The Labute approximate surface area is 146 Å². The molecule has 1 saturated carbocycles. The van der Waals surface area contributed by atoms with Crippen LogP contribution in [0.2, 0.25) is 0 Å². The molecule has 1 fully saturated rings. The predicted molar refractivity (Wildman–Crippen MR) is 90.7 cm³/mol. The van der Waals surface area contributed by atoms with E-state index < -0.39 is 6.61 Å². The summed E-state index contributed by atoms with van der Waals surface area (Å²) in [5.74, 6) is 0.414. The number of rotatable bonds is 8. The fraction of sp³-hybridized carbons (Fsp3) is 0.611. The Morgan fingerprint density at radius 3 is 2.64 bits per heavy atom. The number of amides is 1. The number of halogens is 2. The van der Waals surface area contributed by atoms with Crippen LogP contribution in [0.3, 0.4) is 0 Å². The van der Waals surface area contributed by atoms with E-state index in [4.69, 9.17) is 10.5 Å². The van der Waals surface area contributed by atoms with Crippen LogP contribution in [0.25, 0.3) is 0 Å². The van der Waals surface area contributed by atoms with Gasteiger partial charge in [0.2, 0.25) is 5.91 Å². The van der Waals surface area contributed by atoms with E-state index in [0.29, 0.717) is 24.3 Å². The third kappa shape index (κ3) is 5.56. The second-order valence-electron chi connectivity index (χ2n) is 6.57. The molecule has 7 heteroatoms. The summed E-state index contributed by atoms with van der Waals surface area (Å²) in [4.78, 5) is 12.3. The highest BCUT2D eigenvalue weighted by atomic mass is 19.3. The molecule has 0 spiro atoms. The van der Waals surface area contributed by atoms with Crippen molar-refractivity contribution in [1.82, 2.24) is 5.32 Å². The van der Waals surface area contributed by atoms with Crippen molar-refractivity contribution in [2.24, 2.45) is 11.1 Å². The molecule has 0 bridgehead atoms. The molecule has 1 aromatic rings. The van der Waals surface area contributed by atoms with Gasteiger partial charge in [-0.2, -0.15) is 8.78 Å². The maximum absolute atomic E-state index is 12.5. The van der Waals surface area contributed by atoms with Gasteiger partial charge in [-0.1, -0.05) is 19.3 Å². The van der Waals surface area contributed by atoms with Crippen LogP contribution in [0.5, 0.6) is 11.5 Å². The minimum atomic E-state index is -2.93. The molecular weight excluding hydrogens is 330 g/mol. The van der Waals surface area contributed by atoms with Crippen molar-refractivity contribution in [2.45, 2.75) is 51.7 Å². The lowest BCUT2D eigenvalue weighted by Gasteiger charge is -2.35. The molecule has 0 radical (unpaired) electrons. The quantitative estimate of drug-likeness (QED) is 0.750. The Balaban J connectivity index is 2.00. The molecule has 2 rings (SSSR count). The minimum Gasteiger partial charge on any atom is -0.497 e. The van der Waals surface area contributed by atoms with Crippen LogP contribution in [-0.2, 0) is 11.3 Å². The largest absolute Gasteiger partial charge is 0.497 e. The Bertz CT molecular complexity index is 575. The first kappa shape index (κ1) is 19.4. The summed E-state index contributed by atoms with van der Waals surface area (Å²) in [6, 6.07) is 4.53. The molecule has 0 unspecified atom stereocenters. The van der Waals surface area contributed by atoms with E-state index in [0.717, 1.165) is 25.7 Å². The number of alkyl halides is 2. The van der Waals surface area contributed by atoms with Crippen LogP contribution in [0.4, 0.5) is 8.78 Å². The highest BCUT2D eigenvalue weighted by Crippen LogP contribution is 2.38. The molecule has 0 aliphatic heterocycles. The van der Waals surface area contributed by atoms with Gasteiger partial charge in [0.1, 0.15) is 11.5 Å². The molecule has 3 N–H and O–H groups in total. The number of hydrogen-bond donors (Lipinski definition) is 2. The zero-order valence-electron chi connectivity index (χ0n) is 14.5. The molecular formula is C18H26F2N2O3. The lowest BCUT2D eigenvalue weighted by Crippen LogP contribution is -2.38. The maximum Gasteiger partial charge on any atom is 0.387 e. The van der Waals surface area contributed by atoms with Crippen molar-refractivity contribution in [1.29, 1.82) is 0 Å². The normalized spacial score (nSPS) is 16.5. The van der Waals surface area contributed by atoms with E-state index in [9.17, 15) is 13.6 Å². The molecule has 5 nitrogen and oxygen atoms in total. The van der Waals surface area contributed by atoms with E-state index in [1.54, 1.807) is 6.07 Å². The molecule has 140 valence electrons. The topological polar surface area (TPSA) is 73.6 Å². The van der Waals surface area contributed by atoms with Crippen LogP contribution in [0.1, 0.15) is 44.1 Å². The lowest BCUT2D eigenvalue weighted by molar-refractivity contribution is -0.124. The summed E-state index contributed by atoms with van der Waals surface area (Å²) >= 11 is 0. The molecule has 1 amide bonds. The molecule has 1 aromatic carbocycles. The van der Waals surface area contributed by atoms with E-state index in [2.05, 4.69) is 10.1 Å². The number of benzene rings is 1. The standard InChI is InChI=1S/C18H26F2N2O3/c1-24-14-5-6-15(25-17(19)20)13(9-14)11-22-16(23)10-18(12-21)7-3-2-4-8-18/h5-6,9,17H,2-4,7-8,10-12,21H2,1H3,(H,22,23). The number of methoxy groups -OCH3 is 1. The van der Waals surface area contributed by atoms with E-state index in [1.165, 1.54) is 25.7 Å². The lowest BCUT2D eigenvalue weighted by atomic mass is 9.71. The number of carbonyl (C=O) groups excluding carboxylic acids is 1. The average Bonchev–Trinajstić information content (AvgIpc) is 2.61. The van der Waals surface area contributed by atoms with Gasteiger partial charge in [-0.05, 0) is 43.0 Å². The van der Waals surface area contributed by atoms with Crippen LogP contribution >= 0.6 is 0 Å². The van der Waals surface area contributed by atoms with Crippen molar-refractivity contribution in [2.75, 3.05) is 13.7 Å². The first-order valence-corrected chi connectivity index (χ1v) is 8.56. The van der Waals surface area contributed by atoms with Crippen LogP contribution in [0, 0.1) is 5.41 Å². The summed E-state index contributed by atoms with van der Waals surface area (Å²) in [6.07, 6.45) is 5.63. The van der Waals surface area contributed by atoms with Gasteiger partial charge in [-0.3, -0.25) is 4.79 Å². The van der Waals surface area contributed by atoms with Gasteiger partial charge in [0.25, 0.3) is 0 Å². The molecule has 1 aliphatic rings. The molecule has 0 heterocycles. The SMILES string of the molecule is COc1ccc(OC(F)F)c(CNC(=O)CC2(CN)CCCCC2)c1. The third-order valence-electron chi connectivity index (χ3n) is 4.84. The number of hydrogen-bond acceptors (Lipinski definition) is 4. The second-order valence-corrected chi connectivity index (χ2v) is 6.57. The van der Waals surface area contributed by atoms with Crippen molar-refractivity contribution in [3.05, 3.63) is 23.8 Å². The van der Waals surface area contributed by atoms with Gasteiger partial charge in [-0.15, -0.1) is 0 Å². The fourth-order valence-electron chi connectivity index (χ4n) is 3.38. The van der Waals surface area contributed by atoms with Crippen molar-refractivity contribution >= 4 is 5.91 Å². The summed E-state index contributed by atoms with van der Waals surface area (Å²) < 4.78 is 34.7. The number of carbonyl (C=O) groups is 1. The van der Waals surface area contributed by atoms with E-state index in [-0.39, 0.29) is 23.6 Å². The second kappa shape index (κ2) is 8.99. The highest BCUT2D eigenvalue weighted by Gasteiger charge is 2.32. The van der Waals surface area contributed by atoms with Crippen molar-refractivity contribution in [3.8, 4) is 11.5 Å². The zero-order chi connectivity index (χ0) is 18.3. The van der Waals surface area contributed by atoms with Gasteiger partial charge in [-0.25, -0.2) is 0 Å². The summed E-state index contributed by atoms with van der Waals surface area (Å²) in [5.41, 5.74) is 6.21. The van der Waals surface area contributed by atoms with E-state index >= 15 is 0 Å². The first-order chi connectivity index (χ1) is 12.0.